The van der Waals surface area contributed by atoms with Crippen molar-refractivity contribution in [1.82, 2.24) is 19.6 Å². The van der Waals surface area contributed by atoms with Crippen molar-refractivity contribution >= 4 is 24.1 Å². The van der Waals surface area contributed by atoms with Gasteiger partial charge in [-0.15, -0.1) is 0 Å². The summed E-state index contributed by atoms with van der Waals surface area (Å²) in [5.74, 6) is -1.22. The molecular formula is C37H54N4O8. The fourth-order valence-electron chi connectivity index (χ4n) is 5.47. The van der Waals surface area contributed by atoms with Crippen LogP contribution in [-0.2, 0) is 27.3 Å². The molecule has 2 aromatic carbocycles. The minimum absolute atomic E-state index is 0.266. The first kappa shape index (κ1) is 39.3. The fraction of sp³-hybridized carbons (Fsp3) is 0.568. The highest BCUT2D eigenvalue weighted by Crippen LogP contribution is 2.19. The molecule has 2 fully saturated rings. The molecule has 2 saturated heterocycles. The standard InChI is InChI=1S/C19H28N2O4.C18H26N2O4/c1-14-6-7-15(16(12-14)17(22)24-5)13-20-8-10-21(11-9-20)18(23)25-19(2,3)4;1-13-5-6-14(15(11-13)16(21)22)12-19-7-9-20(10-8-19)17(23)24-18(2,3)4/h6-7,12H,8-11,13H2,1-5H3;5-6,11H,7-10,12H2,1-4H3,(H,21,22). The zero-order valence-corrected chi connectivity index (χ0v) is 30.6. The van der Waals surface area contributed by atoms with Crippen molar-refractivity contribution in [2.45, 2.75) is 79.7 Å². The van der Waals surface area contributed by atoms with Gasteiger partial charge < -0.3 is 29.1 Å². The summed E-state index contributed by atoms with van der Waals surface area (Å²) >= 11 is 0. The largest absolute Gasteiger partial charge is 0.478 e. The van der Waals surface area contributed by atoms with Gasteiger partial charge in [0.2, 0.25) is 0 Å². The number of methoxy groups -OCH3 is 1. The maximum absolute atomic E-state index is 12.1. The zero-order valence-electron chi connectivity index (χ0n) is 30.6. The van der Waals surface area contributed by atoms with Crippen LogP contribution >= 0.6 is 0 Å². The molecule has 0 saturated carbocycles. The van der Waals surface area contributed by atoms with Crippen molar-refractivity contribution in [3.63, 3.8) is 0 Å². The summed E-state index contributed by atoms with van der Waals surface area (Å²) in [6, 6.07) is 11.3. The molecule has 1 N–H and O–H groups in total. The van der Waals surface area contributed by atoms with Crippen molar-refractivity contribution in [1.29, 1.82) is 0 Å². The second kappa shape index (κ2) is 17.0. The second-order valence-electron chi connectivity index (χ2n) is 14.6. The molecule has 0 radical (unpaired) electrons. The maximum Gasteiger partial charge on any atom is 0.410 e. The van der Waals surface area contributed by atoms with Crippen molar-refractivity contribution in [2.75, 3.05) is 59.5 Å². The number of benzene rings is 2. The SMILES string of the molecule is COC(=O)c1cc(C)ccc1CN1CCN(C(=O)OC(C)(C)C)CC1.Cc1ccc(CN2CCN(C(=O)OC(C)(C)C)CC2)c(C(=O)O)c1. The van der Waals surface area contributed by atoms with Crippen LogP contribution in [0.3, 0.4) is 0 Å². The minimum Gasteiger partial charge on any atom is -0.478 e. The molecule has 0 bridgehead atoms. The van der Waals surface area contributed by atoms with Crippen LogP contribution in [0.5, 0.6) is 0 Å². The van der Waals surface area contributed by atoms with Gasteiger partial charge in [-0.3, -0.25) is 9.80 Å². The van der Waals surface area contributed by atoms with Crippen molar-refractivity contribution in [3.05, 3.63) is 69.8 Å². The summed E-state index contributed by atoms with van der Waals surface area (Å²) in [5, 5.41) is 9.35. The van der Waals surface area contributed by atoms with E-state index in [1.54, 1.807) is 15.9 Å². The summed E-state index contributed by atoms with van der Waals surface area (Å²) in [6.45, 7) is 21.5. The molecule has 0 unspecified atom stereocenters. The summed E-state index contributed by atoms with van der Waals surface area (Å²) in [7, 11) is 1.40. The molecule has 270 valence electrons. The number of hydrogen-bond donors (Lipinski definition) is 1. The van der Waals surface area contributed by atoms with Crippen LogP contribution in [0.4, 0.5) is 9.59 Å². The Morgan fingerprint density at radius 1 is 0.633 bits per heavy atom. The number of aromatic carboxylic acids is 1. The summed E-state index contributed by atoms with van der Waals surface area (Å²) in [4.78, 5) is 55.4. The molecule has 49 heavy (non-hydrogen) atoms. The highest BCUT2D eigenvalue weighted by Gasteiger charge is 2.28. The van der Waals surface area contributed by atoms with Crippen LogP contribution in [0.2, 0.25) is 0 Å². The number of piperazine rings is 2. The lowest BCUT2D eigenvalue weighted by Crippen LogP contribution is -2.49. The van der Waals surface area contributed by atoms with Gasteiger partial charge in [-0.2, -0.15) is 0 Å². The lowest BCUT2D eigenvalue weighted by Gasteiger charge is -2.35. The molecule has 0 aromatic heterocycles. The minimum atomic E-state index is -0.902. The number of carboxylic acids is 1. The summed E-state index contributed by atoms with van der Waals surface area (Å²) in [6.07, 6.45) is -0.554. The molecule has 2 heterocycles. The Hall–Kier alpha value is -4.16. The Bertz CT molecular complexity index is 1460. The van der Waals surface area contributed by atoms with E-state index in [0.29, 0.717) is 63.5 Å². The quantitative estimate of drug-likeness (QED) is 0.305. The van der Waals surface area contributed by atoms with Gasteiger partial charge in [0.05, 0.1) is 18.2 Å². The fourth-order valence-corrected chi connectivity index (χ4v) is 5.47. The number of ether oxygens (including phenoxy) is 3. The third-order valence-electron chi connectivity index (χ3n) is 8.00. The van der Waals surface area contributed by atoms with Crippen LogP contribution in [0.15, 0.2) is 36.4 Å². The smallest absolute Gasteiger partial charge is 0.410 e. The molecule has 2 aliphatic rings. The number of rotatable bonds is 6. The lowest BCUT2D eigenvalue weighted by molar-refractivity contribution is 0.0129. The highest BCUT2D eigenvalue weighted by molar-refractivity contribution is 5.91. The van der Waals surface area contributed by atoms with Gasteiger partial charge in [0.25, 0.3) is 0 Å². The van der Waals surface area contributed by atoms with Gasteiger partial charge in [0.1, 0.15) is 11.2 Å². The Balaban J connectivity index is 0.000000266. The number of hydrogen-bond acceptors (Lipinski definition) is 9. The molecule has 0 spiro atoms. The predicted molar refractivity (Wildman–Crippen MR) is 187 cm³/mol. The Kier molecular flexibility index (Phi) is 13.6. The van der Waals surface area contributed by atoms with E-state index in [2.05, 4.69) is 9.80 Å². The predicted octanol–water partition coefficient (Wildman–Crippen LogP) is 5.58. The number of esters is 1. The van der Waals surface area contributed by atoms with Crippen LogP contribution in [0.1, 0.15) is 84.5 Å². The third-order valence-corrected chi connectivity index (χ3v) is 8.00. The topological polar surface area (TPSA) is 129 Å². The molecule has 0 atom stereocenters. The van der Waals surface area contributed by atoms with Gasteiger partial charge >= 0.3 is 24.1 Å². The van der Waals surface area contributed by atoms with Crippen LogP contribution in [-0.4, -0.2) is 120 Å². The normalized spacial score (nSPS) is 15.9. The van der Waals surface area contributed by atoms with Crippen molar-refractivity contribution in [3.8, 4) is 0 Å². The molecular weight excluding hydrogens is 628 g/mol. The Labute approximate surface area is 290 Å². The number of amides is 2. The number of nitrogens with zero attached hydrogens (tertiary/aromatic N) is 4. The molecule has 12 heteroatoms. The highest BCUT2D eigenvalue weighted by atomic mass is 16.6. The van der Waals surface area contributed by atoms with Gasteiger partial charge in [0, 0.05) is 65.4 Å². The first-order valence-electron chi connectivity index (χ1n) is 16.8. The first-order valence-corrected chi connectivity index (χ1v) is 16.8. The van der Waals surface area contributed by atoms with E-state index in [-0.39, 0.29) is 18.2 Å². The van der Waals surface area contributed by atoms with Crippen LogP contribution < -0.4 is 0 Å². The van der Waals surface area contributed by atoms with Gasteiger partial charge in [-0.25, -0.2) is 19.2 Å². The summed E-state index contributed by atoms with van der Waals surface area (Å²) in [5.41, 5.74) is 3.70. The first-order chi connectivity index (χ1) is 22.8. The Morgan fingerprint density at radius 2 is 1.00 bits per heavy atom. The molecule has 4 rings (SSSR count). The van der Waals surface area contributed by atoms with Crippen molar-refractivity contribution < 1.29 is 38.5 Å². The average molecular weight is 683 g/mol. The molecule has 2 amide bonds. The molecule has 2 aliphatic heterocycles. The number of carbonyl (C=O) groups excluding carboxylic acids is 3. The lowest BCUT2D eigenvalue weighted by atomic mass is 10.0. The average Bonchev–Trinajstić information content (AvgIpc) is 3.01. The van der Waals surface area contributed by atoms with E-state index >= 15 is 0 Å². The van der Waals surface area contributed by atoms with E-state index in [1.165, 1.54) is 7.11 Å². The van der Waals surface area contributed by atoms with Crippen LogP contribution in [0, 0.1) is 13.8 Å². The second-order valence-corrected chi connectivity index (χ2v) is 14.6. The molecule has 12 nitrogen and oxygen atoms in total. The zero-order chi connectivity index (χ0) is 36.5. The Morgan fingerprint density at radius 3 is 1.35 bits per heavy atom. The number of carbonyl (C=O) groups is 4. The monoisotopic (exact) mass is 682 g/mol. The molecule has 0 aliphatic carbocycles. The van der Waals surface area contributed by atoms with Gasteiger partial charge in [-0.1, -0.05) is 35.4 Å². The van der Waals surface area contributed by atoms with Gasteiger partial charge in [0.15, 0.2) is 0 Å². The van der Waals surface area contributed by atoms with E-state index in [9.17, 15) is 24.3 Å². The van der Waals surface area contributed by atoms with E-state index in [1.807, 2.05) is 85.7 Å². The number of aryl methyl sites for hydroxylation is 2. The molecule has 2 aromatic rings. The number of carboxylic acid groups (broad SMARTS) is 1. The summed E-state index contributed by atoms with van der Waals surface area (Å²) < 4.78 is 15.7. The maximum atomic E-state index is 12.1. The van der Waals surface area contributed by atoms with E-state index < -0.39 is 17.2 Å². The van der Waals surface area contributed by atoms with Crippen LogP contribution in [0.25, 0.3) is 0 Å². The third kappa shape index (κ3) is 12.7. The van der Waals surface area contributed by atoms with E-state index in [4.69, 9.17) is 14.2 Å². The van der Waals surface area contributed by atoms with Gasteiger partial charge in [-0.05, 0) is 78.6 Å². The van der Waals surface area contributed by atoms with Crippen molar-refractivity contribution in [2.24, 2.45) is 0 Å². The van der Waals surface area contributed by atoms with E-state index in [0.717, 1.165) is 35.3 Å².